The van der Waals surface area contributed by atoms with E-state index in [1.807, 2.05) is 42.5 Å². The lowest BCUT2D eigenvalue weighted by molar-refractivity contribution is 0.665. The molecule has 0 saturated heterocycles. The van der Waals surface area contributed by atoms with E-state index in [4.69, 9.17) is 4.42 Å². The molecule has 4 aromatic rings. The van der Waals surface area contributed by atoms with Crippen molar-refractivity contribution in [3.63, 3.8) is 0 Å². The van der Waals surface area contributed by atoms with Crippen molar-refractivity contribution in [2.75, 3.05) is 5.32 Å². The molecule has 0 aliphatic heterocycles. The van der Waals surface area contributed by atoms with Crippen molar-refractivity contribution >= 4 is 27.9 Å². The average Bonchev–Trinajstić information content (AvgIpc) is 2.99. The van der Waals surface area contributed by atoms with E-state index in [-0.39, 0.29) is 0 Å². The fraction of sp³-hybridized carbons (Fsp3) is 0.158. The Balaban J connectivity index is 1.81. The fourth-order valence-electron chi connectivity index (χ4n) is 2.70. The van der Waals surface area contributed by atoms with E-state index in [2.05, 4.69) is 34.3 Å². The molecule has 0 saturated carbocycles. The Labute approximate surface area is 134 Å². The van der Waals surface area contributed by atoms with Gasteiger partial charge in [-0.05, 0) is 17.7 Å². The van der Waals surface area contributed by atoms with Crippen molar-refractivity contribution in [1.82, 2.24) is 9.97 Å². The Hall–Kier alpha value is -2.88. The molecule has 0 radical (unpaired) electrons. The van der Waals surface area contributed by atoms with Crippen LogP contribution in [0.15, 0.2) is 59.0 Å². The lowest BCUT2D eigenvalue weighted by Gasteiger charge is -2.07. The molecule has 0 fully saturated rings. The molecule has 0 amide bonds. The van der Waals surface area contributed by atoms with Crippen LogP contribution >= 0.6 is 0 Å². The van der Waals surface area contributed by atoms with Crippen LogP contribution in [-0.4, -0.2) is 9.97 Å². The number of aromatic nitrogens is 2. The first-order valence-corrected chi connectivity index (χ1v) is 7.81. The number of rotatable bonds is 4. The molecule has 114 valence electrons. The van der Waals surface area contributed by atoms with E-state index in [9.17, 15) is 0 Å². The number of para-hydroxylation sites is 1. The summed E-state index contributed by atoms with van der Waals surface area (Å²) in [6, 6.07) is 18.2. The third-order valence-electron chi connectivity index (χ3n) is 3.89. The summed E-state index contributed by atoms with van der Waals surface area (Å²) in [5.74, 6) is 1.58. The minimum Gasteiger partial charge on any atom is -0.450 e. The number of nitrogens with one attached hydrogen (secondary N) is 1. The van der Waals surface area contributed by atoms with Gasteiger partial charge in [0.15, 0.2) is 11.4 Å². The SMILES string of the molecule is CCc1nc(NCc2ccccc2)c2oc3ccccc3c2n1. The molecule has 0 bridgehead atoms. The van der Waals surface area contributed by atoms with E-state index in [1.165, 1.54) is 5.56 Å². The zero-order chi connectivity index (χ0) is 15.6. The maximum atomic E-state index is 5.98. The zero-order valence-corrected chi connectivity index (χ0v) is 12.9. The summed E-state index contributed by atoms with van der Waals surface area (Å²) >= 11 is 0. The zero-order valence-electron chi connectivity index (χ0n) is 12.9. The van der Waals surface area contributed by atoms with Crippen LogP contribution in [0.2, 0.25) is 0 Å². The van der Waals surface area contributed by atoms with Gasteiger partial charge in [-0.25, -0.2) is 9.97 Å². The molecule has 0 unspecified atom stereocenters. The number of aryl methyl sites for hydroxylation is 1. The van der Waals surface area contributed by atoms with Crippen LogP contribution in [0.1, 0.15) is 18.3 Å². The first-order chi connectivity index (χ1) is 11.3. The third kappa shape index (κ3) is 2.52. The van der Waals surface area contributed by atoms with Crippen molar-refractivity contribution in [3.8, 4) is 0 Å². The highest BCUT2D eigenvalue weighted by Crippen LogP contribution is 2.31. The van der Waals surface area contributed by atoms with Crippen LogP contribution in [0.5, 0.6) is 0 Å². The average molecular weight is 303 g/mol. The van der Waals surface area contributed by atoms with Gasteiger partial charge >= 0.3 is 0 Å². The summed E-state index contributed by atoms with van der Waals surface area (Å²) in [5, 5.41) is 4.42. The number of anilines is 1. The van der Waals surface area contributed by atoms with Gasteiger partial charge in [0.05, 0.1) is 0 Å². The molecule has 2 heterocycles. The number of fused-ring (bicyclic) bond motifs is 3. The molecule has 1 N–H and O–H groups in total. The number of furan rings is 1. The minimum atomic E-state index is 0.702. The second-order valence-electron chi connectivity index (χ2n) is 5.46. The lowest BCUT2D eigenvalue weighted by atomic mass is 10.2. The predicted octanol–water partition coefficient (Wildman–Crippen LogP) is 4.55. The topological polar surface area (TPSA) is 51.0 Å². The molecule has 0 aliphatic rings. The van der Waals surface area contributed by atoms with Gasteiger partial charge in [0.2, 0.25) is 0 Å². The van der Waals surface area contributed by atoms with E-state index >= 15 is 0 Å². The number of nitrogens with zero attached hydrogens (tertiary/aromatic N) is 2. The van der Waals surface area contributed by atoms with E-state index < -0.39 is 0 Å². The summed E-state index contributed by atoms with van der Waals surface area (Å²) in [5.41, 5.74) is 3.64. The normalized spacial score (nSPS) is 11.2. The van der Waals surface area contributed by atoms with Gasteiger partial charge in [-0.1, -0.05) is 49.4 Å². The molecular formula is C19H17N3O. The molecule has 0 atom stereocenters. The van der Waals surface area contributed by atoms with Crippen molar-refractivity contribution in [2.45, 2.75) is 19.9 Å². The summed E-state index contributed by atoms with van der Waals surface area (Å²) in [4.78, 5) is 9.27. The van der Waals surface area contributed by atoms with E-state index in [1.54, 1.807) is 0 Å². The van der Waals surface area contributed by atoms with Crippen molar-refractivity contribution < 1.29 is 4.42 Å². The van der Waals surface area contributed by atoms with Gasteiger partial charge in [-0.15, -0.1) is 0 Å². The summed E-state index contributed by atoms with van der Waals surface area (Å²) in [7, 11) is 0. The Morgan fingerprint density at radius 3 is 2.57 bits per heavy atom. The van der Waals surface area contributed by atoms with Gasteiger partial charge in [0.1, 0.15) is 16.9 Å². The summed E-state index contributed by atoms with van der Waals surface area (Å²) in [6.07, 6.45) is 0.787. The molecule has 2 aromatic heterocycles. The van der Waals surface area contributed by atoms with E-state index in [0.29, 0.717) is 6.54 Å². The number of benzene rings is 2. The van der Waals surface area contributed by atoms with Gasteiger partial charge in [0, 0.05) is 18.4 Å². The highest BCUT2D eigenvalue weighted by Gasteiger charge is 2.14. The number of hydrogen-bond acceptors (Lipinski definition) is 4. The van der Waals surface area contributed by atoms with Crippen LogP contribution in [0, 0.1) is 0 Å². The van der Waals surface area contributed by atoms with E-state index in [0.717, 1.165) is 40.1 Å². The Morgan fingerprint density at radius 2 is 1.74 bits per heavy atom. The maximum Gasteiger partial charge on any atom is 0.196 e. The maximum absolute atomic E-state index is 5.98. The molecule has 4 heteroatoms. The van der Waals surface area contributed by atoms with Crippen molar-refractivity contribution in [1.29, 1.82) is 0 Å². The number of hydrogen-bond donors (Lipinski definition) is 1. The Bertz CT molecular complexity index is 960. The minimum absolute atomic E-state index is 0.702. The second-order valence-corrected chi connectivity index (χ2v) is 5.46. The van der Waals surface area contributed by atoms with Gasteiger partial charge in [-0.3, -0.25) is 0 Å². The van der Waals surface area contributed by atoms with Gasteiger partial charge in [-0.2, -0.15) is 0 Å². The van der Waals surface area contributed by atoms with Crippen molar-refractivity contribution in [3.05, 3.63) is 66.0 Å². The van der Waals surface area contributed by atoms with Crippen molar-refractivity contribution in [2.24, 2.45) is 0 Å². The molecule has 0 spiro atoms. The van der Waals surface area contributed by atoms with Gasteiger partial charge in [0.25, 0.3) is 0 Å². The first-order valence-electron chi connectivity index (χ1n) is 7.81. The quantitative estimate of drug-likeness (QED) is 0.601. The smallest absolute Gasteiger partial charge is 0.196 e. The van der Waals surface area contributed by atoms with Crippen LogP contribution in [-0.2, 0) is 13.0 Å². The Morgan fingerprint density at radius 1 is 0.957 bits per heavy atom. The highest BCUT2D eigenvalue weighted by atomic mass is 16.3. The molecular weight excluding hydrogens is 286 g/mol. The van der Waals surface area contributed by atoms with Crippen LogP contribution in [0.4, 0.5) is 5.82 Å². The summed E-state index contributed by atoms with van der Waals surface area (Å²) in [6.45, 7) is 2.76. The predicted molar refractivity (Wildman–Crippen MR) is 92.5 cm³/mol. The van der Waals surface area contributed by atoms with Gasteiger partial charge < -0.3 is 9.73 Å². The third-order valence-corrected chi connectivity index (χ3v) is 3.89. The molecule has 23 heavy (non-hydrogen) atoms. The molecule has 4 rings (SSSR count). The van der Waals surface area contributed by atoms with Crippen LogP contribution < -0.4 is 5.32 Å². The lowest BCUT2D eigenvalue weighted by Crippen LogP contribution is -2.04. The molecule has 2 aromatic carbocycles. The fourth-order valence-corrected chi connectivity index (χ4v) is 2.70. The molecule has 0 aliphatic carbocycles. The standard InChI is InChI=1S/C19H17N3O/c1-2-16-21-17-14-10-6-7-11-15(14)23-18(17)19(22-16)20-12-13-8-4-3-5-9-13/h3-11H,2,12H2,1H3,(H,20,21,22). The molecule has 4 nitrogen and oxygen atoms in total. The first kappa shape index (κ1) is 13.8. The Kier molecular flexibility index (Phi) is 3.42. The second kappa shape index (κ2) is 5.72. The van der Waals surface area contributed by atoms with Crippen LogP contribution in [0.3, 0.4) is 0 Å². The largest absolute Gasteiger partial charge is 0.450 e. The summed E-state index contributed by atoms with van der Waals surface area (Å²) < 4.78 is 5.98. The monoisotopic (exact) mass is 303 g/mol. The van der Waals surface area contributed by atoms with Crippen LogP contribution in [0.25, 0.3) is 22.1 Å². The highest BCUT2D eigenvalue weighted by molar-refractivity contribution is 6.05.